The van der Waals surface area contributed by atoms with Crippen molar-refractivity contribution >= 4 is 21.8 Å². The van der Waals surface area contributed by atoms with Gasteiger partial charge in [-0.25, -0.2) is 0 Å². The zero-order valence-corrected chi connectivity index (χ0v) is 16.1. The van der Waals surface area contributed by atoms with Gasteiger partial charge in [0.2, 0.25) is 0 Å². The highest BCUT2D eigenvalue weighted by molar-refractivity contribution is 6.09. The van der Waals surface area contributed by atoms with Crippen LogP contribution in [0.3, 0.4) is 0 Å². The first-order valence-electron chi connectivity index (χ1n) is 9.52. The Balaban J connectivity index is 1.87. The lowest BCUT2D eigenvalue weighted by molar-refractivity contribution is -0.137. The van der Waals surface area contributed by atoms with Crippen molar-refractivity contribution in [1.82, 2.24) is 9.55 Å². The minimum Gasteiger partial charge on any atom is -0.309 e. The van der Waals surface area contributed by atoms with Gasteiger partial charge < -0.3 is 4.57 Å². The molecular weight excluding hydrogens is 399 g/mol. The normalized spacial score (nSPS) is 11.7. The molecule has 6 heteroatoms. The fourth-order valence-corrected chi connectivity index (χ4v) is 3.94. The zero-order valence-electron chi connectivity index (χ0n) is 16.1. The quantitative estimate of drug-likeness (QED) is 0.322. The summed E-state index contributed by atoms with van der Waals surface area (Å²) in [6, 6.07) is 22.4. The Bertz CT molecular complexity index is 1480. The van der Waals surface area contributed by atoms with E-state index in [0.29, 0.717) is 16.8 Å². The summed E-state index contributed by atoms with van der Waals surface area (Å²) in [6.07, 6.45) is -1.14. The third kappa shape index (κ3) is 3.21. The molecule has 0 atom stereocenters. The molecule has 150 valence electrons. The summed E-state index contributed by atoms with van der Waals surface area (Å²) in [5.74, 6) is 0. The lowest BCUT2D eigenvalue weighted by atomic mass is 10.0. The van der Waals surface area contributed by atoms with Gasteiger partial charge in [-0.1, -0.05) is 24.3 Å². The monoisotopic (exact) mass is 413 g/mol. The van der Waals surface area contributed by atoms with Crippen molar-refractivity contribution in [1.29, 1.82) is 5.26 Å². The van der Waals surface area contributed by atoms with Crippen LogP contribution in [-0.4, -0.2) is 9.55 Å². The minimum absolute atomic E-state index is 0.419. The molecule has 0 bridgehead atoms. The maximum Gasteiger partial charge on any atom is 0.416 e. The van der Waals surface area contributed by atoms with E-state index in [9.17, 15) is 18.4 Å². The number of alkyl halides is 3. The molecule has 2 heterocycles. The molecule has 0 aliphatic carbocycles. The van der Waals surface area contributed by atoms with Gasteiger partial charge in [-0.3, -0.25) is 4.98 Å². The lowest BCUT2D eigenvalue weighted by Crippen LogP contribution is -2.05. The van der Waals surface area contributed by atoms with Crippen LogP contribution in [0.2, 0.25) is 0 Å². The molecule has 0 saturated heterocycles. The van der Waals surface area contributed by atoms with Crippen molar-refractivity contribution in [3.63, 3.8) is 0 Å². The lowest BCUT2D eigenvalue weighted by Gasteiger charge is -2.12. The van der Waals surface area contributed by atoms with Gasteiger partial charge in [0.15, 0.2) is 0 Å². The molecular formula is C25H14F3N3. The molecule has 0 N–H and O–H groups in total. The zero-order chi connectivity index (χ0) is 21.6. The maximum atomic E-state index is 13.5. The van der Waals surface area contributed by atoms with Crippen LogP contribution in [0.5, 0.6) is 0 Å². The van der Waals surface area contributed by atoms with Crippen molar-refractivity contribution < 1.29 is 13.2 Å². The van der Waals surface area contributed by atoms with Gasteiger partial charge >= 0.3 is 6.18 Å². The molecule has 5 rings (SSSR count). The Morgan fingerprint density at radius 2 is 1.52 bits per heavy atom. The number of pyridine rings is 1. The molecule has 0 amide bonds. The van der Waals surface area contributed by atoms with Crippen molar-refractivity contribution in [2.45, 2.75) is 6.18 Å². The minimum atomic E-state index is -4.45. The second-order valence-corrected chi connectivity index (χ2v) is 7.20. The predicted molar refractivity (Wildman–Crippen MR) is 114 cm³/mol. The van der Waals surface area contributed by atoms with E-state index >= 15 is 0 Å². The molecule has 0 aliphatic rings. The van der Waals surface area contributed by atoms with Gasteiger partial charge in [-0.2, -0.15) is 18.4 Å². The topological polar surface area (TPSA) is 41.6 Å². The molecule has 5 aromatic rings. The highest BCUT2D eigenvalue weighted by Gasteiger charge is 2.31. The van der Waals surface area contributed by atoms with Crippen LogP contribution in [0.1, 0.15) is 11.1 Å². The van der Waals surface area contributed by atoms with Gasteiger partial charge in [0.05, 0.1) is 28.2 Å². The van der Waals surface area contributed by atoms with Crippen LogP contribution >= 0.6 is 0 Å². The Morgan fingerprint density at radius 1 is 0.774 bits per heavy atom. The van der Waals surface area contributed by atoms with Crippen LogP contribution in [0, 0.1) is 11.3 Å². The number of para-hydroxylation sites is 1. The molecule has 3 aromatic carbocycles. The van der Waals surface area contributed by atoms with Gasteiger partial charge in [0, 0.05) is 28.9 Å². The first-order chi connectivity index (χ1) is 15.0. The van der Waals surface area contributed by atoms with Crippen LogP contribution in [0.15, 0.2) is 85.2 Å². The van der Waals surface area contributed by atoms with Crippen LogP contribution < -0.4 is 0 Å². The molecule has 0 saturated carbocycles. The van der Waals surface area contributed by atoms with Crippen molar-refractivity contribution in [2.24, 2.45) is 0 Å². The summed E-state index contributed by atoms with van der Waals surface area (Å²) in [7, 11) is 0. The first kappa shape index (κ1) is 18.9. The second kappa shape index (κ2) is 6.99. The summed E-state index contributed by atoms with van der Waals surface area (Å²) in [6.45, 7) is 0. The average Bonchev–Trinajstić information content (AvgIpc) is 3.12. The van der Waals surface area contributed by atoms with Gasteiger partial charge in [-0.05, 0) is 59.7 Å². The van der Waals surface area contributed by atoms with Gasteiger partial charge in [0.1, 0.15) is 0 Å². The van der Waals surface area contributed by atoms with E-state index in [-0.39, 0.29) is 0 Å². The number of halogens is 3. The average molecular weight is 413 g/mol. The predicted octanol–water partition coefficient (Wildman–Crippen LogP) is 6.74. The van der Waals surface area contributed by atoms with Crippen molar-refractivity contribution in [3.05, 3.63) is 96.3 Å². The van der Waals surface area contributed by atoms with Gasteiger partial charge in [0.25, 0.3) is 0 Å². The van der Waals surface area contributed by atoms with E-state index in [2.05, 4.69) is 11.1 Å². The molecule has 0 spiro atoms. The SMILES string of the molecule is N#Cc1cc(-c2ccncc2)cc(-n2c3ccccc3c3ccc(C(F)(F)F)cc32)c1. The smallest absolute Gasteiger partial charge is 0.309 e. The molecule has 0 unspecified atom stereocenters. The number of fused-ring (bicyclic) bond motifs is 3. The fourth-order valence-electron chi connectivity index (χ4n) is 3.94. The number of nitrogens with zero attached hydrogens (tertiary/aromatic N) is 3. The Kier molecular flexibility index (Phi) is 4.26. The Morgan fingerprint density at radius 3 is 2.26 bits per heavy atom. The summed E-state index contributed by atoms with van der Waals surface area (Å²) in [5.41, 5.74) is 3.19. The molecule has 0 fully saturated rings. The number of hydrogen-bond acceptors (Lipinski definition) is 2. The van der Waals surface area contributed by atoms with E-state index in [4.69, 9.17) is 0 Å². The Labute approximate surface area is 175 Å². The molecule has 0 radical (unpaired) electrons. The van der Waals surface area contributed by atoms with Crippen LogP contribution in [0.4, 0.5) is 13.2 Å². The summed E-state index contributed by atoms with van der Waals surface area (Å²) < 4.78 is 42.1. The first-order valence-corrected chi connectivity index (χ1v) is 9.52. The van der Waals surface area contributed by atoms with Gasteiger partial charge in [-0.15, -0.1) is 0 Å². The van der Waals surface area contributed by atoms with E-state index in [1.54, 1.807) is 29.1 Å². The highest BCUT2D eigenvalue weighted by atomic mass is 19.4. The van der Waals surface area contributed by atoms with Crippen molar-refractivity contribution in [2.75, 3.05) is 0 Å². The summed E-state index contributed by atoms with van der Waals surface area (Å²) in [5, 5.41) is 11.2. The van der Waals surface area contributed by atoms with Crippen LogP contribution in [-0.2, 0) is 6.18 Å². The third-order valence-electron chi connectivity index (χ3n) is 5.32. The van der Waals surface area contributed by atoms with E-state index in [0.717, 1.165) is 33.5 Å². The van der Waals surface area contributed by atoms with Crippen LogP contribution in [0.25, 0.3) is 38.6 Å². The second-order valence-electron chi connectivity index (χ2n) is 7.20. The van der Waals surface area contributed by atoms with E-state index < -0.39 is 11.7 Å². The number of hydrogen-bond donors (Lipinski definition) is 0. The number of aromatic nitrogens is 2. The molecule has 0 aliphatic heterocycles. The third-order valence-corrected chi connectivity index (χ3v) is 5.32. The molecule has 2 aromatic heterocycles. The number of benzene rings is 3. The maximum absolute atomic E-state index is 13.5. The molecule has 3 nitrogen and oxygen atoms in total. The Hall–Kier alpha value is -4.11. The number of nitriles is 1. The summed E-state index contributed by atoms with van der Waals surface area (Å²) in [4.78, 5) is 4.02. The molecule has 31 heavy (non-hydrogen) atoms. The number of rotatable bonds is 2. The van der Waals surface area contributed by atoms with Crippen molar-refractivity contribution in [3.8, 4) is 22.9 Å². The van der Waals surface area contributed by atoms with E-state index in [1.807, 2.05) is 42.5 Å². The highest BCUT2D eigenvalue weighted by Crippen LogP contribution is 2.37. The largest absolute Gasteiger partial charge is 0.416 e. The fraction of sp³-hybridized carbons (Fsp3) is 0.0400. The standard InChI is InChI=1S/C25H14F3N3/c26-25(27,28)19-5-6-22-21-3-1-2-4-23(21)31(24(22)14-19)20-12-16(15-29)11-18(13-20)17-7-9-30-10-8-17/h1-14H. The van der Waals surface area contributed by atoms with E-state index in [1.165, 1.54) is 12.1 Å². The summed E-state index contributed by atoms with van der Waals surface area (Å²) >= 11 is 0.